The van der Waals surface area contributed by atoms with Gasteiger partial charge in [-0.25, -0.2) is 13.4 Å². The number of benzene rings is 1. The first-order chi connectivity index (χ1) is 11.3. The van der Waals surface area contributed by atoms with Gasteiger partial charge in [-0.2, -0.15) is 0 Å². The third kappa shape index (κ3) is 3.57. The summed E-state index contributed by atoms with van der Waals surface area (Å²) in [6, 6.07) is 5.70. The highest BCUT2D eigenvalue weighted by atomic mass is 32.2. The highest BCUT2D eigenvalue weighted by molar-refractivity contribution is 7.92. The summed E-state index contributed by atoms with van der Waals surface area (Å²) in [6.07, 6.45) is 0.857. The Bertz CT molecular complexity index is 835. The summed E-state index contributed by atoms with van der Waals surface area (Å²) >= 11 is 1.37. The topological polar surface area (TPSA) is 65.5 Å². The molecule has 7 heteroatoms. The van der Waals surface area contributed by atoms with Crippen LogP contribution in [-0.4, -0.2) is 31.4 Å². The number of fused-ring (bicyclic) bond motifs is 1. The van der Waals surface area contributed by atoms with Gasteiger partial charge in [-0.3, -0.25) is 0 Å². The van der Waals surface area contributed by atoms with Crippen molar-refractivity contribution in [1.82, 2.24) is 4.98 Å². The maximum atomic E-state index is 12.3. The molecular formula is C17H21NO4S2. The Hall–Kier alpha value is -1.60. The predicted octanol–water partition coefficient (Wildman–Crippen LogP) is 3.68. The first kappa shape index (κ1) is 17.2. The molecule has 0 radical (unpaired) electrons. The van der Waals surface area contributed by atoms with Crippen LogP contribution in [0, 0.1) is 0 Å². The average Bonchev–Trinajstić information content (AvgIpc) is 2.81. The van der Waals surface area contributed by atoms with Crippen molar-refractivity contribution in [1.29, 1.82) is 0 Å². The Labute approximate surface area is 146 Å². The van der Waals surface area contributed by atoms with Crippen LogP contribution in [0.4, 0.5) is 0 Å². The average molecular weight is 367 g/mol. The first-order valence-corrected chi connectivity index (χ1v) is 10.4. The molecule has 1 aliphatic heterocycles. The molecule has 130 valence electrons. The van der Waals surface area contributed by atoms with Gasteiger partial charge >= 0.3 is 0 Å². The number of hydrogen-bond acceptors (Lipinski definition) is 6. The fraction of sp³-hybridized carbons (Fsp3) is 0.471. The van der Waals surface area contributed by atoms with Crippen molar-refractivity contribution >= 4 is 21.2 Å². The van der Waals surface area contributed by atoms with Crippen LogP contribution in [-0.2, 0) is 15.6 Å². The van der Waals surface area contributed by atoms with Crippen molar-refractivity contribution in [2.45, 2.75) is 37.7 Å². The van der Waals surface area contributed by atoms with Crippen LogP contribution < -0.4 is 9.47 Å². The van der Waals surface area contributed by atoms with E-state index < -0.39 is 14.6 Å². The minimum absolute atomic E-state index is 0.0360. The molecule has 5 nitrogen and oxygen atoms in total. The second-order valence-electron chi connectivity index (χ2n) is 6.71. The van der Waals surface area contributed by atoms with E-state index >= 15 is 0 Å². The van der Waals surface area contributed by atoms with E-state index in [1.165, 1.54) is 11.3 Å². The third-order valence-corrected chi connectivity index (χ3v) is 7.39. The number of sulfone groups is 1. The smallest absolute Gasteiger partial charge is 0.161 e. The van der Waals surface area contributed by atoms with Gasteiger partial charge < -0.3 is 9.47 Å². The van der Waals surface area contributed by atoms with Crippen LogP contribution in [0.5, 0.6) is 11.5 Å². The summed E-state index contributed by atoms with van der Waals surface area (Å²) in [4.78, 5) is 4.49. The lowest BCUT2D eigenvalue weighted by Crippen LogP contribution is -2.29. The number of thiazole rings is 1. The molecule has 0 bridgehead atoms. The summed E-state index contributed by atoms with van der Waals surface area (Å²) in [5.41, 5.74) is 1.66. The van der Waals surface area contributed by atoms with E-state index in [9.17, 15) is 8.42 Å². The molecule has 0 saturated carbocycles. The molecule has 1 aliphatic rings. The molecule has 0 amide bonds. The standard InChI is InChI=1S/C17H21NO4S2/c1-17(2,3)24(19,20)11-16-18-13(10-23-16)12-5-6-14-15(9-12)22-8-4-7-21-14/h5-6,9-10H,4,7-8,11H2,1-3H3. The minimum Gasteiger partial charge on any atom is -0.490 e. The van der Waals surface area contributed by atoms with Crippen molar-refractivity contribution < 1.29 is 17.9 Å². The molecule has 2 aromatic rings. The molecule has 2 heterocycles. The van der Waals surface area contributed by atoms with Crippen molar-refractivity contribution in [3.63, 3.8) is 0 Å². The minimum atomic E-state index is -3.24. The van der Waals surface area contributed by atoms with E-state index in [0.29, 0.717) is 24.0 Å². The SMILES string of the molecule is CC(C)(C)S(=O)(=O)Cc1nc(-c2ccc3c(c2)OCCCO3)cs1. The summed E-state index contributed by atoms with van der Waals surface area (Å²) in [6.45, 7) is 6.41. The molecule has 24 heavy (non-hydrogen) atoms. The molecule has 0 aliphatic carbocycles. The number of ether oxygens (including phenoxy) is 2. The van der Waals surface area contributed by atoms with Gasteiger partial charge in [0.2, 0.25) is 0 Å². The Morgan fingerprint density at radius 1 is 1.17 bits per heavy atom. The van der Waals surface area contributed by atoms with Crippen LogP contribution in [0.25, 0.3) is 11.3 Å². The zero-order valence-corrected chi connectivity index (χ0v) is 15.7. The van der Waals surface area contributed by atoms with E-state index in [4.69, 9.17) is 9.47 Å². The Balaban J connectivity index is 1.85. The van der Waals surface area contributed by atoms with Crippen LogP contribution in [0.3, 0.4) is 0 Å². The molecule has 1 aromatic heterocycles. The molecule has 0 saturated heterocycles. The fourth-order valence-corrected chi connectivity index (χ4v) is 4.36. The molecule has 0 atom stereocenters. The van der Waals surface area contributed by atoms with Crippen molar-refractivity contribution in [2.24, 2.45) is 0 Å². The van der Waals surface area contributed by atoms with Gasteiger partial charge in [-0.15, -0.1) is 11.3 Å². The number of nitrogens with zero attached hydrogens (tertiary/aromatic N) is 1. The van der Waals surface area contributed by atoms with E-state index in [0.717, 1.165) is 23.4 Å². The maximum Gasteiger partial charge on any atom is 0.161 e. The fourth-order valence-electron chi connectivity index (χ4n) is 2.21. The van der Waals surface area contributed by atoms with Crippen molar-refractivity contribution in [2.75, 3.05) is 13.2 Å². The molecule has 0 fully saturated rings. The lowest BCUT2D eigenvalue weighted by atomic mass is 10.1. The quantitative estimate of drug-likeness (QED) is 0.828. The maximum absolute atomic E-state index is 12.3. The van der Waals surface area contributed by atoms with Gasteiger partial charge in [0.15, 0.2) is 21.3 Å². The van der Waals surface area contributed by atoms with Gasteiger partial charge in [0.05, 0.1) is 23.7 Å². The van der Waals surface area contributed by atoms with Gasteiger partial charge in [0, 0.05) is 17.4 Å². The van der Waals surface area contributed by atoms with E-state index in [-0.39, 0.29) is 5.75 Å². The molecule has 0 spiro atoms. The second-order valence-corrected chi connectivity index (χ2v) is 10.4. The summed E-state index contributed by atoms with van der Waals surface area (Å²) in [5.74, 6) is 1.41. The predicted molar refractivity (Wildman–Crippen MR) is 95.5 cm³/mol. The first-order valence-electron chi connectivity index (χ1n) is 7.83. The second kappa shape index (κ2) is 6.37. The van der Waals surface area contributed by atoms with Crippen LogP contribution >= 0.6 is 11.3 Å². The van der Waals surface area contributed by atoms with E-state index in [2.05, 4.69) is 4.98 Å². The molecule has 3 rings (SSSR count). The summed E-state index contributed by atoms with van der Waals surface area (Å²) < 4.78 is 35.2. The normalized spacial score (nSPS) is 15.1. The van der Waals surface area contributed by atoms with Crippen LogP contribution in [0.1, 0.15) is 32.2 Å². The third-order valence-electron chi connectivity index (χ3n) is 3.84. The Morgan fingerprint density at radius 2 is 1.88 bits per heavy atom. The molecule has 0 unspecified atom stereocenters. The number of aromatic nitrogens is 1. The van der Waals surface area contributed by atoms with Gasteiger partial charge in [-0.05, 0) is 39.0 Å². The summed E-state index contributed by atoms with van der Waals surface area (Å²) in [7, 11) is -3.24. The zero-order valence-electron chi connectivity index (χ0n) is 14.0. The summed E-state index contributed by atoms with van der Waals surface area (Å²) in [5, 5.41) is 2.49. The number of hydrogen-bond donors (Lipinski definition) is 0. The van der Waals surface area contributed by atoms with Crippen molar-refractivity contribution in [3.05, 3.63) is 28.6 Å². The van der Waals surface area contributed by atoms with E-state index in [1.807, 2.05) is 23.6 Å². The molecule has 0 N–H and O–H groups in total. The zero-order chi connectivity index (χ0) is 17.4. The molecular weight excluding hydrogens is 346 g/mol. The molecule has 1 aromatic carbocycles. The van der Waals surface area contributed by atoms with Crippen LogP contribution in [0.15, 0.2) is 23.6 Å². The Kier molecular flexibility index (Phi) is 4.57. The van der Waals surface area contributed by atoms with Gasteiger partial charge in [0.25, 0.3) is 0 Å². The highest BCUT2D eigenvalue weighted by Crippen LogP contribution is 2.35. The van der Waals surface area contributed by atoms with Crippen molar-refractivity contribution in [3.8, 4) is 22.8 Å². The number of rotatable bonds is 3. The largest absolute Gasteiger partial charge is 0.490 e. The van der Waals surface area contributed by atoms with Crippen LogP contribution in [0.2, 0.25) is 0 Å². The van der Waals surface area contributed by atoms with E-state index in [1.54, 1.807) is 20.8 Å². The van der Waals surface area contributed by atoms with Gasteiger partial charge in [0.1, 0.15) is 10.8 Å². The highest BCUT2D eigenvalue weighted by Gasteiger charge is 2.30. The lowest BCUT2D eigenvalue weighted by molar-refractivity contribution is 0.297. The monoisotopic (exact) mass is 367 g/mol. The lowest BCUT2D eigenvalue weighted by Gasteiger charge is -2.17. The Morgan fingerprint density at radius 3 is 2.58 bits per heavy atom. The van der Waals surface area contributed by atoms with Gasteiger partial charge in [-0.1, -0.05) is 0 Å².